The average Bonchev–Trinajstić information content (AvgIpc) is 2.46. The van der Waals surface area contributed by atoms with Crippen LogP contribution in [0.1, 0.15) is 24.1 Å². The fourth-order valence-electron chi connectivity index (χ4n) is 1.88. The molecule has 2 aromatic rings. The first kappa shape index (κ1) is 15.0. The molecule has 0 aliphatic carbocycles. The van der Waals surface area contributed by atoms with E-state index in [1.807, 2.05) is 0 Å². The van der Waals surface area contributed by atoms with E-state index in [0.29, 0.717) is 11.3 Å². The molecule has 0 unspecified atom stereocenters. The Labute approximate surface area is 121 Å². The Hall–Kier alpha value is -2.43. The number of hydrogen-bond donors (Lipinski definition) is 1. The SMILES string of the molecule is COc1ccc(O)c(C=N[C@H](C)c2ccc(F)cc2F)c1. The maximum absolute atomic E-state index is 13.6. The van der Waals surface area contributed by atoms with Crippen LogP contribution in [0.4, 0.5) is 8.78 Å². The summed E-state index contributed by atoms with van der Waals surface area (Å²) in [6.07, 6.45) is 1.44. The molecule has 0 amide bonds. The highest BCUT2D eigenvalue weighted by Gasteiger charge is 2.10. The van der Waals surface area contributed by atoms with Gasteiger partial charge in [0.1, 0.15) is 23.1 Å². The van der Waals surface area contributed by atoms with Crippen LogP contribution in [0.25, 0.3) is 0 Å². The van der Waals surface area contributed by atoms with E-state index in [1.165, 1.54) is 31.5 Å². The maximum Gasteiger partial charge on any atom is 0.131 e. The molecule has 0 fully saturated rings. The molecular formula is C16H15F2NO2. The Kier molecular flexibility index (Phi) is 4.52. The van der Waals surface area contributed by atoms with Crippen LogP contribution >= 0.6 is 0 Å². The molecule has 0 saturated carbocycles. The average molecular weight is 291 g/mol. The van der Waals surface area contributed by atoms with Gasteiger partial charge in [0, 0.05) is 23.4 Å². The van der Waals surface area contributed by atoms with Crippen molar-refractivity contribution in [2.45, 2.75) is 13.0 Å². The van der Waals surface area contributed by atoms with Gasteiger partial charge in [-0.2, -0.15) is 0 Å². The molecule has 110 valence electrons. The van der Waals surface area contributed by atoms with Crippen molar-refractivity contribution in [1.82, 2.24) is 0 Å². The summed E-state index contributed by atoms with van der Waals surface area (Å²) >= 11 is 0. The predicted molar refractivity (Wildman–Crippen MR) is 77.0 cm³/mol. The third-order valence-corrected chi connectivity index (χ3v) is 3.08. The molecule has 0 spiro atoms. The van der Waals surface area contributed by atoms with Gasteiger partial charge >= 0.3 is 0 Å². The number of ether oxygens (including phenoxy) is 1. The summed E-state index contributed by atoms with van der Waals surface area (Å²) in [6.45, 7) is 1.68. The highest BCUT2D eigenvalue weighted by molar-refractivity contribution is 5.84. The van der Waals surface area contributed by atoms with Crippen LogP contribution in [0.3, 0.4) is 0 Å². The molecule has 0 bridgehead atoms. The summed E-state index contributed by atoms with van der Waals surface area (Å²) in [5.41, 5.74) is 0.749. The number of rotatable bonds is 4. The van der Waals surface area contributed by atoms with Gasteiger partial charge in [0.15, 0.2) is 0 Å². The number of halogens is 2. The van der Waals surface area contributed by atoms with Crippen LogP contribution in [0.2, 0.25) is 0 Å². The van der Waals surface area contributed by atoms with Gasteiger partial charge in [-0.25, -0.2) is 8.78 Å². The number of phenols is 1. The summed E-state index contributed by atoms with van der Waals surface area (Å²) in [4.78, 5) is 4.19. The van der Waals surface area contributed by atoms with E-state index in [1.54, 1.807) is 19.1 Å². The second-order valence-corrected chi connectivity index (χ2v) is 4.54. The van der Waals surface area contributed by atoms with E-state index >= 15 is 0 Å². The first-order valence-corrected chi connectivity index (χ1v) is 6.36. The first-order chi connectivity index (χ1) is 10.0. The third-order valence-electron chi connectivity index (χ3n) is 3.08. The molecule has 0 aromatic heterocycles. The number of phenolic OH excluding ortho intramolecular Hbond substituents is 1. The molecule has 1 N–H and O–H groups in total. The lowest BCUT2D eigenvalue weighted by molar-refractivity contribution is 0.412. The van der Waals surface area contributed by atoms with E-state index in [4.69, 9.17) is 4.74 Å². The Bertz CT molecular complexity index is 671. The van der Waals surface area contributed by atoms with Crippen LogP contribution < -0.4 is 4.74 Å². The number of aliphatic imine (C=N–C) groups is 1. The van der Waals surface area contributed by atoms with Crippen molar-refractivity contribution in [1.29, 1.82) is 0 Å². The van der Waals surface area contributed by atoms with E-state index in [2.05, 4.69) is 4.99 Å². The van der Waals surface area contributed by atoms with Gasteiger partial charge in [-0.05, 0) is 31.2 Å². The summed E-state index contributed by atoms with van der Waals surface area (Å²) < 4.78 is 31.6. The summed E-state index contributed by atoms with van der Waals surface area (Å²) in [6, 6.07) is 7.60. The zero-order valence-corrected chi connectivity index (χ0v) is 11.7. The Morgan fingerprint density at radius 1 is 1.19 bits per heavy atom. The lowest BCUT2D eigenvalue weighted by Crippen LogP contribution is -1.96. The van der Waals surface area contributed by atoms with Crippen LogP contribution in [-0.4, -0.2) is 18.4 Å². The topological polar surface area (TPSA) is 41.8 Å². The van der Waals surface area contributed by atoms with Crippen molar-refractivity contribution in [3.05, 3.63) is 59.2 Å². The smallest absolute Gasteiger partial charge is 0.131 e. The lowest BCUT2D eigenvalue weighted by atomic mass is 10.1. The molecule has 3 nitrogen and oxygen atoms in total. The molecule has 21 heavy (non-hydrogen) atoms. The molecule has 0 aliphatic rings. The summed E-state index contributed by atoms with van der Waals surface area (Å²) in [5, 5.41) is 9.73. The van der Waals surface area contributed by atoms with Gasteiger partial charge < -0.3 is 9.84 Å². The largest absolute Gasteiger partial charge is 0.507 e. The number of benzene rings is 2. The van der Waals surface area contributed by atoms with Crippen molar-refractivity contribution < 1.29 is 18.6 Å². The number of nitrogens with zero attached hydrogens (tertiary/aromatic N) is 1. The van der Waals surface area contributed by atoms with Gasteiger partial charge in [0.25, 0.3) is 0 Å². The first-order valence-electron chi connectivity index (χ1n) is 6.36. The van der Waals surface area contributed by atoms with Gasteiger partial charge in [0.05, 0.1) is 13.2 Å². The maximum atomic E-state index is 13.6. The minimum Gasteiger partial charge on any atom is -0.507 e. The van der Waals surface area contributed by atoms with Crippen molar-refractivity contribution >= 4 is 6.21 Å². The van der Waals surface area contributed by atoms with Gasteiger partial charge in [0.2, 0.25) is 0 Å². The van der Waals surface area contributed by atoms with Gasteiger partial charge in [-0.3, -0.25) is 4.99 Å². The highest BCUT2D eigenvalue weighted by atomic mass is 19.1. The monoisotopic (exact) mass is 291 g/mol. The molecule has 1 atom stereocenters. The van der Waals surface area contributed by atoms with Crippen molar-refractivity contribution in [3.8, 4) is 11.5 Å². The third kappa shape index (κ3) is 3.56. The van der Waals surface area contributed by atoms with Gasteiger partial charge in [-0.1, -0.05) is 6.07 Å². The fourth-order valence-corrected chi connectivity index (χ4v) is 1.88. The van der Waals surface area contributed by atoms with Crippen molar-refractivity contribution in [2.75, 3.05) is 7.11 Å². The molecule has 0 radical (unpaired) electrons. The zero-order valence-electron chi connectivity index (χ0n) is 11.7. The molecule has 0 heterocycles. The van der Waals surface area contributed by atoms with Crippen LogP contribution in [0.15, 0.2) is 41.4 Å². The predicted octanol–water partition coefficient (Wildman–Crippen LogP) is 3.86. The summed E-state index contributed by atoms with van der Waals surface area (Å²) in [7, 11) is 1.52. The minimum absolute atomic E-state index is 0.0475. The van der Waals surface area contributed by atoms with Crippen LogP contribution in [0, 0.1) is 11.6 Å². The second-order valence-electron chi connectivity index (χ2n) is 4.54. The van der Waals surface area contributed by atoms with Gasteiger partial charge in [-0.15, -0.1) is 0 Å². The molecular weight excluding hydrogens is 276 g/mol. The normalized spacial score (nSPS) is 12.6. The van der Waals surface area contributed by atoms with Crippen molar-refractivity contribution in [2.24, 2.45) is 4.99 Å². The molecule has 0 aliphatic heterocycles. The van der Waals surface area contributed by atoms with E-state index < -0.39 is 17.7 Å². The van der Waals surface area contributed by atoms with Crippen LogP contribution in [0.5, 0.6) is 11.5 Å². The Morgan fingerprint density at radius 3 is 2.62 bits per heavy atom. The number of hydrogen-bond acceptors (Lipinski definition) is 3. The molecule has 2 aromatic carbocycles. The van der Waals surface area contributed by atoms with E-state index in [-0.39, 0.29) is 11.3 Å². The standard InChI is InChI=1S/C16H15F2NO2/c1-10(14-5-3-12(17)8-15(14)18)19-9-11-7-13(21-2)4-6-16(11)20/h3-10,20H,1-2H3/t10-/m1/s1. The van der Waals surface area contributed by atoms with E-state index in [9.17, 15) is 13.9 Å². The van der Waals surface area contributed by atoms with Crippen LogP contribution in [-0.2, 0) is 0 Å². The summed E-state index contributed by atoms with van der Waals surface area (Å²) in [5.74, 6) is -0.645. The second kappa shape index (κ2) is 6.35. The molecule has 2 rings (SSSR count). The highest BCUT2D eigenvalue weighted by Crippen LogP contribution is 2.24. The van der Waals surface area contributed by atoms with E-state index in [0.717, 1.165) is 6.07 Å². The fraction of sp³-hybridized carbons (Fsp3) is 0.188. The Morgan fingerprint density at radius 2 is 1.95 bits per heavy atom. The number of methoxy groups -OCH3 is 1. The zero-order chi connectivity index (χ0) is 15.4. The Balaban J connectivity index is 2.24. The lowest BCUT2D eigenvalue weighted by Gasteiger charge is -2.08. The molecule has 0 saturated heterocycles. The minimum atomic E-state index is -0.644. The quantitative estimate of drug-likeness (QED) is 0.869. The number of aromatic hydroxyl groups is 1. The van der Waals surface area contributed by atoms with Crippen molar-refractivity contribution in [3.63, 3.8) is 0 Å². The molecule has 5 heteroatoms.